The second-order valence-electron chi connectivity index (χ2n) is 3.21. The highest BCUT2D eigenvalue weighted by Crippen LogP contribution is 2.14. The molecule has 0 N–H and O–H groups in total. The molecule has 0 spiro atoms. The molecular formula is C11H6N4. The summed E-state index contributed by atoms with van der Waals surface area (Å²) in [6, 6.07) is 13.6. The second kappa shape index (κ2) is 2.79. The zero-order valence-corrected chi connectivity index (χ0v) is 7.75. The van der Waals surface area contributed by atoms with Crippen LogP contribution < -0.4 is 0 Å². The van der Waals surface area contributed by atoms with E-state index < -0.39 is 0 Å². The van der Waals surface area contributed by atoms with Crippen molar-refractivity contribution in [2.75, 3.05) is 0 Å². The minimum Gasteiger partial charge on any atom is -0.212 e. The first-order valence-electron chi connectivity index (χ1n) is 4.53. The number of nitrogens with zero attached hydrogens (tertiary/aromatic N) is 4. The van der Waals surface area contributed by atoms with E-state index >= 15 is 0 Å². The predicted molar refractivity (Wildman–Crippen MR) is 55.2 cm³/mol. The fourth-order valence-corrected chi connectivity index (χ4v) is 1.64. The van der Waals surface area contributed by atoms with Crippen LogP contribution in [0.4, 0.5) is 0 Å². The van der Waals surface area contributed by atoms with Crippen LogP contribution >= 0.6 is 0 Å². The summed E-state index contributed by atoms with van der Waals surface area (Å²) in [4.78, 5) is 4.07. The molecule has 0 aliphatic carbocycles. The third-order valence-corrected chi connectivity index (χ3v) is 2.31. The third-order valence-electron chi connectivity index (χ3n) is 2.31. The van der Waals surface area contributed by atoms with Crippen molar-refractivity contribution in [3.8, 4) is 6.07 Å². The van der Waals surface area contributed by atoms with Crippen molar-refractivity contribution >= 4 is 16.6 Å². The van der Waals surface area contributed by atoms with Crippen molar-refractivity contribution in [3.05, 3.63) is 42.2 Å². The molecule has 15 heavy (non-hydrogen) atoms. The number of fused-ring (bicyclic) bond motifs is 3. The highest BCUT2D eigenvalue weighted by molar-refractivity contribution is 5.81. The maximum absolute atomic E-state index is 8.72. The summed E-state index contributed by atoms with van der Waals surface area (Å²) in [7, 11) is 0. The van der Waals surface area contributed by atoms with E-state index in [1.165, 1.54) is 0 Å². The van der Waals surface area contributed by atoms with Crippen molar-refractivity contribution in [1.29, 1.82) is 5.26 Å². The summed E-state index contributed by atoms with van der Waals surface area (Å²) in [6.45, 7) is 0. The molecule has 0 radical (unpaired) electrons. The standard InChI is InChI=1S/C11H6N4/c12-7-10-13-11-6-5-8-3-1-2-4-9(8)15(11)14-10/h1-6H. The van der Waals surface area contributed by atoms with Crippen molar-refractivity contribution in [1.82, 2.24) is 14.6 Å². The summed E-state index contributed by atoms with van der Waals surface area (Å²) >= 11 is 0. The van der Waals surface area contributed by atoms with Crippen LogP contribution in [-0.4, -0.2) is 14.6 Å². The molecule has 3 aromatic rings. The van der Waals surface area contributed by atoms with Gasteiger partial charge in [-0.05, 0) is 18.2 Å². The van der Waals surface area contributed by atoms with Gasteiger partial charge in [0.05, 0.1) is 5.52 Å². The van der Waals surface area contributed by atoms with Crippen LogP contribution in [0.2, 0.25) is 0 Å². The Labute approximate surface area is 85.4 Å². The molecule has 0 aliphatic heterocycles. The molecule has 0 unspecified atom stereocenters. The lowest BCUT2D eigenvalue weighted by atomic mass is 10.2. The summed E-state index contributed by atoms with van der Waals surface area (Å²) in [6.07, 6.45) is 0. The lowest BCUT2D eigenvalue weighted by Gasteiger charge is -1.98. The topological polar surface area (TPSA) is 54.0 Å². The van der Waals surface area contributed by atoms with Gasteiger partial charge in [-0.15, -0.1) is 5.10 Å². The Bertz CT molecular complexity index is 690. The van der Waals surface area contributed by atoms with E-state index in [0.717, 1.165) is 10.9 Å². The highest BCUT2D eigenvalue weighted by Gasteiger charge is 2.04. The van der Waals surface area contributed by atoms with Crippen molar-refractivity contribution < 1.29 is 0 Å². The first kappa shape index (κ1) is 7.94. The van der Waals surface area contributed by atoms with E-state index in [1.807, 2.05) is 42.5 Å². The minimum absolute atomic E-state index is 0.200. The van der Waals surface area contributed by atoms with E-state index in [0.29, 0.717) is 5.65 Å². The van der Waals surface area contributed by atoms with Gasteiger partial charge in [-0.25, -0.2) is 4.52 Å². The van der Waals surface area contributed by atoms with Crippen LogP contribution in [0.15, 0.2) is 36.4 Å². The van der Waals surface area contributed by atoms with Gasteiger partial charge in [-0.3, -0.25) is 0 Å². The Balaban J connectivity index is 2.54. The van der Waals surface area contributed by atoms with E-state index in [-0.39, 0.29) is 5.82 Å². The van der Waals surface area contributed by atoms with Gasteiger partial charge in [0, 0.05) is 5.39 Å². The largest absolute Gasteiger partial charge is 0.253 e. The first-order chi connectivity index (χ1) is 7.38. The molecule has 3 rings (SSSR count). The van der Waals surface area contributed by atoms with E-state index in [2.05, 4.69) is 10.1 Å². The predicted octanol–water partition coefficient (Wildman–Crippen LogP) is 1.75. The van der Waals surface area contributed by atoms with Crippen LogP contribution in [0.25, 0.3) is 16.6 Å². The molecule has 4 nitrogen and oxygen atoms in total. The average molecular weight is 194 g/mol. The van der Waals surface area contributed by atoms with Crippen LogP contribution in [0.1, 0.15) is 5.82 Å². The lowest BCUT2D eigenvalue weighted by molar-refractivity contribution is 0.988. The lowest BCUT2D eigenvalue weighted by Crippen LogP contribution is -1.89. The number of benzene rings is 1. The maximum Gasteiger partial charge on any atom is 0.253 e. The summed E-state index contributed by atoms with van der Waals surface area (Å²) in [5, 5.41) is 13.9. The summed E-state index contributed by atoms with van der Waals surface area (Å²) < 4.78 is 1.69. The molecule has 0 saturated carbocycles. The van der Waals surface area contributed by atoms with Gasteiger partial charge in [0.25, 0.3) is 5.82 Å². The number of nitriles is 1. The van der Waals surface area contributed by atoms with Crippen LogP contribution in [0, 0.1) is 11.3 Å². The van der Waals surface area contributed by atoms with Gasteiger partial charge in [0.1, 0.15) is 6.07 Å². The third kappa shape index (κ3) is 1.07. The van der Waals surface area contributed by atoms with E-state index in [4.69, 9.17) is 5.26 Å². The number of hydrogen-bond acceptors (Lipinski definition) is 3. The molecule has 0 bridgehead atoms. The molecule has 0 aliphatic rings. The Morgan fingerprint density at radius 2 is 2.00 bits per heavy atom. The Morgan fingerprint density at radius 3 is 2.87 bits per heavy atom. The van der Waals surface area contributed by atoms with Gasteiger partial charge in [0.2, 0.25) is 0 Å². The van der Waals surface area contributed by atoms with Crippen molar-refractivity contribution in [3.63, 3.8) is 0 Å². The smallest absolute Gasteiger partial charge is 0.212 e. The van der Waals surface area contributed by atoms with Crippen molar-refractivity contribution in [2.45, 2.75) is 0 Å². The zero-order valence-electron chi connectivity index (χ0n) is 7.75. The number of hydrogen-bond donors (Lipinski definition) is 0. The van der Waals surface area contributed by atoms with Gasteiger partial charge >= 0.3 is 0 Å². The number of aromatic nitrogens is 3. The Kier molecular flexibility index (Phi) is 1.48. The second-order valence-corrected chi connectivity index (χ2v) is 3.21. The quantitative estimate of drug-likeness (QED) is 0.547. The Hall–Kier alpha value is -2.41. The van der Waals surface area contributed by atoms with Gasteiger partial charge < -0.3 is 0 Å². The fraction of sp³-hybridized carbons (Fsp3) is 0. The monoisotopic (exact) mass is 194 g/mol. The fourth-order valence-electron chi connectivity index (χ4n) is 1.64. The van der Waals surface area contributed by atoms with Crippen molar-refractivity contribution in [2.24, 2.45) is 0 Å². The average Bonchev–Trinajstić information content (AvgIpc) is 2.72. The number of pyridine rings is 1. The van der Waals surface area contributed by atoms with Crippen LogP contribution in [0.3, 0.4) is 0 Å². The summed E-state index contributed by atoms with van der Waals surface area (Å²) in [5.74, 6) is 0.200. The van der Waals surface area contributed by atoms with Crippen LogP contribution in [-0.2, 0) is 0 Å². The molecule has 1 aromatic carbocycles. The Morgan fingerprint density at radius 1 is 1.13 bits per heavy atom. The number of rotatable bonds is 0. The van der Waals surface area contributed by atoms with Gasteiger partial charge in [-0.2, -0.15) is 10.2 Å². The van der Waals surface area contributed by atoms with E-state index in [1.54, 1.807) is 4.52 Å². The molecule has 2 aromatic heterocycles. The molecule has 2 heterocycles. The molecule has 70 valence electrons. The minimum atomic E-state index is 0.200. The highest BCUT2D eigenvalue weighted by atomic mass is 15.3. The van der Waals surface area contributed by atoms with Gasteiger partial charge in [-0.1, -0.05) is 18.2 Å². The normalized spacial score (nSPS) is 10.6. The zero-order chi connectivity index (χ0) is 10.3. The van der Waals surface area contributed by atoms with Gasteiger partial charge in [0.15, 0.2) is 5.65 Å². The maximum atomic E-state index is 8.72. The number of para-hydroxylation sites is 1. The van der Waals surface area contributed by atoms with Crippen LogP contribution in [0.5, 0.6) is 0 Å². The molecule has 0 amide bonds. The van der Waals surface area contributed by atoms with E-state index in [9.17, 15) is 0 Å². The molecule has 0 fully saturated rings. The molecule has 0 atom stereocenters. The molecule has 4 heteroatoms. The summed E-state index contributed by atoms with van der Waals surface area (Å²) in [5.41, 5.74) is 1.66. The first-order valence-corrected chi connectivity index (χ1v) is 4.53. The SMILES string of the molecule is N#Cc1nc2ccc3ccccc3n2n1. The molecule has 0 saturated heterocycles. The molecular weight excluding hydrogens is 188 g/mol.